The molecule has 0 saturated carbocycles. The van der Waals surface area contributed by atoms with Crippen LogP contribution in [0.2, 0.25) is 0 Å². The van der Waals surface area contributed by atoms with Gasteiger partial charge in [-0.1, -0.05) is 27.2 Å². The first-order valence-corrected chi connectivity index (χ1v) is 4.79. The van der Waals surface area contributed by atoms with Crippen LogP contribution in [0.3, 0.4) is 0 Å². The summed E-state index contributed by atoms with van der Waals surface area (Å²) in [6.45, 7) is 6.98. The van der Waals surface area contributed by atoms with E-state index < -0.39 is 0 Å². The van der Waals surface area contributed by atoms with E-state index in [-0.39, 0.29) is 11.5 Å². The molecule has 0 aliphatic carbocycles. The van der Waals surface area contributed by atoms with Crippen molar-refractivity contribution < 1.29 is 4.79 Å². The summed E-state index contributed by atoms with van der Waals surface area (Å²) in [6, 6.07) is 0.124. The van der Waals surface area contributed by atoms with Gasteiger partial charge in [0, 0.05) is 5.41 Å². The summed E-state index contributed by atoms with van der Waals surface area (Å²) in [7, 11) is 0. The topological polar surface area (TPSA) is 29.1 Å². The molecule has 0 aromatic rings. The molecule has 0 amide bonds. The Morgan fingerprint density at radius 3 is 2.42 bits per heavy atom. The van der Waals surface area contributed by atoms with Gasteiger partial charge in [0.05, 0.1) is 6.04 Å². The Labute approximate surface area is 74.7 Å². The third-order valence-corrected chi connectivity index (χ3v) is 2.37. The Hall–Kier alpha value is -0.370. The molecule has 1 saturated heterocycles. The van der Waals surface area contributed by atoms with E-state index in [0.717, 1.165) is 13.0 Å². The molecule has 0 spiro atoms. The Morgan fingerprint density at radius 1 is 1.33 bits per heavy atom. The Morgan fingerprint density at radius 2 is 2.00 bits per heavy atom. The molecule has 0 bridgehead atoms. The molecule has 1 aliphatic heterocycles. The Balaban J connectivity index is 2.51. The minimum atomic E-state index is -0.186. The predicted octanol–water partition coefficient (Wildman–Crippen LogP) is 1.74. The quantitative estimate of drug-likeness (QED) is 0.648. The number of carbonyl (C=O) groups is 1. The van der Waals surface area contributed by atoms with Gasteiger partial charge in [-0.15, -0.1) is 0 Å². The van der Waals surface area contributed by atoms with Gasteiger partial charge >= 0.3 is 0 Å². The normalized spacial score (nSPS) is 25.4. The van der Waals surface area contributed by atoms with Crippen molar-refractivity contribution in [2.45, 2.75) is 46.1 Å². The van der Waals surface area contributed by atoms with Crippen LogP contribution in [-0.2, 0) is 4.79 Å². The number of carbonyl (C=O) groups excluding carboxylic acids is 1. The predicted molar refractivity (Wildman–Crippen MR) is 50.1 cm³/mol. The van der Waals surface area contributed by atoms with Crippen molar-refractivity contribution in [1.82, 2.24) is 5.32 Å². The zero-order valence-electron chi connectivity index (χ0n) is 8.31. The lowest BCUT2D eigenvalue weighted by Crippen LogP contribution is -2.45. The first kappa shape index (κ1) is 9.72. The Kier molecular flexibility index (Phi) is 2.89. The van der Waals surface area contributed by atoms with E-state index in [1.54, 1.807) is 0 Å². The Bertz CT molecular complexity index is 163. The SMILES string of the molecule is CC(C)(C)C(=O)C1CCCCN1. The van der Waals surface area contributed by atoms with Crippen LogP contribution in [0.5, 0.6) is 0 Å². The highest BCUT2D eigenvalue weighted by molar-refractivity contribution is 5.88. The van der Waals surface area contributed by atoms with Crippen LogP contribution in [0, 0.1) is 5.41 Å². The molecular weight excluding hydrogens is 150 g/mol. The van der Waals surface area contributed by atoms with Crippen molar-refractivity contribution in [3.05, 3.63) is 0 Å². The zero-order valence-corrected chi connectivity index (χ0v) is 8.31. The molecule has 2 heteroatoms. The highest BCUT2D eigenvalue weighted by Gasteiger charge is 2.29. The molecule has 1 aliphatic rings. The van der Waals surface area contributed by atoms with Crippen LogP contribution in [0.4, 0.5) is 0 Å². The summed E-state index contributed by atoms with van der Waals surface area (Å²) in [4.78, 5) is 11.8. The lowest BCUT2D eigenvalue weighted by Gasteiger charge is -2.28. The molecule has 2 nitrogen and oxygen atoms in total. The van der Waals surface area contributed by atoms with Crippen LogP contribution >= 0.6 is 0 Å². The highest BCUT2D eigenvalue weighted by atomic mass is 16.1. The maximum absolute atomic E-state index is 11.8. The van der Waals surface area contributed by atoms with Crippen molar-refractivity contribution in [2.24, 2.45) is 5.41 Å². The standard InChI is InChI=1S/C10H19NO/c1-10(2,3)9(12)8-6-4-5-7-11-8/h8,11H,4-7H2,1-3H3. The van der Waals surface area contributed by atoms with Crippen LogP contribution in [0.25, 0.3) is 0 Å². The molecule has 70 valence electrons. The summed E-state index contributed by atoms with van der Waals surface area (Å²) in [5, 5.41) is 3.28. The minimum Gasteiger partial charge on any atom is -0.307 e. The lowest BCUT2D eigenvalue weighted by atomic mass is 9.84. The summed E-state index contributed by atoms with van der Waals surface area (Å²) in [5.41, 5.74) is -0.186. The van der Waals surface area contributed by atoms with E-state index in [9.17, 15) is 4.79 Å². The number of nitrogens with one attached hydrogen (secondary N) is 1. The van der Waals surface area contributed by atoms with Crippen LogP contribution in [0.15, 0.2) is 0 Å². The number of piperidine rings is 1. The fourth-order valence-corrected chi connectivity index (χ4v) is 1.60. The second kappa shape index (κ2) is 3.56. The smallest absolute Gasteiger partial charge is 0.155 e. The van der Waals surface area contributed by atoms with Gasteiger partial charge in [0.1, 0.15) is 0 Å². The van der Waals surface area contributed by atoms with Crippen LogP contribution in [-0.4, -0.2) is 18.4 Å². The van der Waals surface area contributed by atoms with Gasteiger partial charge in [0.2, 0.25) is 0 Å². The van der Waals surface area contributed by atoms with Crippen LogP contribution < -0.4 is 5.32 Å². The molecule has 0 aromatic heterocycles. The van der Waals surface area contributed by atoms with Gasteiger partial charge in [0.25, 0.3) is 0 Å². The fraction of sp³-hybridized carbons (Fsp3) is 0.900. The van der Waals surface area contributed by atoms with Crippen molar-refractivity contribution in [1.29, 1.82) is 0 Å². The molecule has 1 heterocycles. The molecular formula is C10H19NO. The van der Waals surface area contributed by atoms with Gasteiger partial charge in [-0.3, -0.25) is 4.79 Å². The van der Waals surface area contributed by atoms with E-state index in [2.05, 4.69) is 5.32 Å². The van der Waals surface area contributed by atoms with E-state index in [0.29, 0.717) is 5.78 Å². The molecule has 1 unspecified atom stereocenters. The first-order chi connectivity index (χ1) is 5.52. The second-order valence-electron chi connectivity index (χ2n) is 4.62. The molecule has 1 fully saturated rings. The van der Waals surface area contributed by atoms with E-state index >= 15 is 0 Å². The number of hydrogen-bond donors (Lipinski definition) is 1. The van der Waals surface area contributed by atoms with Crippen molar-refractivity contribution in [3.63, 3.8) is 0 Å². The number of Topliss-reactive ketones (excluding diaryl/α,β-unsaturated/α-hetero) is 1. The van der Waals surface area contributed by atoms with Crippen molar-refractivity contribution in [3.8, 4) is 0 Å². The van der Waals surface area contributed by atoms with E-state index in [4.69, 9.17) is 0 Å². The fourth-order valence-electron chi connectivity index (χ4n) is 1.60. The maximum atomic E-state index is 11.8. The van der Waals surface area contributed by atoms with Crippen LogP contribution in [0.1, 0.15) is 40.0 Å². The summed E-state index contributed by atoms with van der Waals surface area (Å²) >= 11 is 0. The zero-order chi connectivity index (χ0) is 9.19. The van der Waals surface area contributed by atoms with E-state index in [1.807, 2.05) is 20.8 Å². The molecule has 0 aromatic carbocycles. The molecule has 1 rings (SSSR count). The summed E-state index contributed by atoms with van der Waals surface area (Å²) < 4.78 is 0. The van der Waals surface area contributed by atoms with Gasteiger partial charge in [-0.2, -0.15) is 0 Å². The van der Waals surface area contributed by atoms with Gasteiger partial charge in [-0.25, -0.2) is 0 Å². The molecule has 1 N–H and O–H groups in total. The van der Waals surface area contributed by atoms with Gasteiger partial charge in [-0.05, 0) is 19.4 Å². The largest absolute Gasteiger partial charge is 0.307 e. The lowest BCUT2D eigenvalue weighted by molar-refractivity contribution is -0.128. The number of ketones is 1. The van der Waals surface area contributed by atoms with Crippen molar-refractivity contribution >= 4 is 5.78 Å². The van der Waals surface area contributed by atoms with Crippen molar-refractivity contribution in [2.75, 3.05) is 6.54 Å². The van der Waals surface area contributed by atoms with E-state index in [1.165, 1.54) is 12.8 Å². The third-order valence-electron chi connectivity index (χ3n) is 2.37. The second-order valence-corrected chi connectivity index (χ2v) is 4.62. The average Bonchev–Trinajstić information content (AvgIpc) is 2.03. The number of hydrogen-bond acceptors (Lipinski definition) is 2. The maximum Gasteiger partial charge on any atom is 0.155 e. The van der Waals surface area contributed by atoms with Gasteiger partial charge < -0.3 is 5.32 Å². The molecule has 12 heavy (non-hydrogen) atoms. The van der Waals surface area contributed by atoms with Gasteiger partial charge in [0.15, 0.2) is 5.78 Å². The highest BCUT2D eigenvalue weighted by Crippen LogP contribution is 2.20. The third kappa shape index (κ3) is 2.31. The minimum absolute atomic E-state index is 0.124. The summed E-state index contributed by atoms with van der Waals surface area (Å²) in [5.74, 6) is 0.363. The number of rotatable bonds is 1. The monoisotopic (exact) mass is 169 g/mol. The molecule has 1 atom stereocenters. The molecule has 0 radical (unpaired) electrons. The summed E-state index contributed by atoms with van der Waals surface area (Å²) in [6.07, 6.45) is 3.43. The first-order valence-electron chi connectivity index (χ1n) is 4.79. The average molecular weight is 169 g/mol.